The monoisotopic (exact) mass is 476 g/mol. The number of hydrogen-bond acceptors (Lipinski definition) is 5. The molecule has 2 bridgehead atoms. The molecule has 2 aromatic rings. The maximum atomic E-state index is 13.0. The van der Waals surface area contributed by atoms with Crippen LogP contribution in [-0.2, 0) is 24.7 Å². The molecule has 2 aliphatic rings. The van der Waals surface area contributed by atoms with Crippen molar-refractivity contribution >= 4 is 25.8 Å². The molecule has 1 N–H and O–H groups in total. The highest BCUT2D eigenvalue weighted by Crippen LogP contribution is 2.40. The van der Waals surface area contributed by atoms with E-state index in [-0.39, 0.29) is 35.9 Å². The zero-order valence-electron chi connectivity index (χ0n) is 18.0. The summed E-state index contributed by atoms with van der Waals surface area (Å²) in [7, 11) is -7.12. The van der Waals surface area contributed by atoms with Crippen LogP contribution < -0.4 is 4.72 Å². The quantitative estimate of drug-likeness (QED) is 0.662. The smallest absolute Gasteiger partial charge is 0.240 e. The zero-order chi connectivity index (χ0) is 22.9. The van der Waals surface area contributed by atoms with E-state index in [1.165, 1.54) is 6.07 Å². The van der Waals surface area contributed by atoms with Crippen molar-refractivity contribution in [3.63, 3.8) is 0 Å². The van der Waals surface area contributed by atoms with Crippen molar-refractivity contribution in [1.29, 1.82) is 0 Å². The number of fused-ring (bicyclic) bond motifs is 2. The number of piperidine rings is 1. The first-order valence-electron chi connectivity index (χ1n) is 10.8. The van der Waals surface area contributed by atoms with Gasteiger partial charge in [0.25, 0.3) is 0 Å². The van der Waals surface area contributed by atoms with Gasteiger partial charge in [-0.3, -0.25) is 4.79 Å². The van der Waals surface area contributed by atoms with Crippen LogP contribution in [0.15, 0.2) is 64.4 Å². The minimum Gasteiger partial charge on any atom is -0.337 e. The minimum atomic E-state index is -3.68. The van der Waals surface area contributed by atoms with E-state index in [1.54, 1.807) is 47.4 Å². The number of nitrogens with one attached hydrogen (secondary N) is 1. The molecule has 2 unspecified atom stereocenters. The van der Waals surface area contributed by atoms with Gasteiger partial charge in [-0.15, -0.1) is 0 Å². The van der Waals surface area contributed by atoms with Crippen molar-refractivity contribution in [2.24, 2.45) is 0 Å². The maximum absolute atomic E-state index is 13.0. The summed E-state index contributed by atoms with van der Waals surface area (Å²) in [5, 5.41) is -0.494. The van der Waals surface area contributed by atoms with Crippen LogP contribution in [0.2, 0.25) is 0 Å². The molecule has 0 aromatic heterocycles. The Morgan fingerprint density at radius 3 is 2.19 bits per heavy atom. The Hall–Kier alpha value is -2.23. The van der Waals surface area contributed by atoms with Gasteiger partial charge in [-0.2, -0.15) is 0 Å². The van der Waals surface area contributed by atoms with Crippen LogP contribution in [0.25, 0.3) is 0 Å². The predicted octanol–water partition coefficient (Wildman–Crippen LogP) is 2.66. The molecule has 2 aromatic carbocycles. The topological polar surface area (TPSA) is 101 Å². The summed E-state index contributed by atoms with van der Waals surface area (Å²) in [6.45, 7) is 1.83. The fourth-order valence-electron chi connectivity index (χ4n) is 4.88. The molecule has 9 heteroatoms. The van der Waals surface area contributed by atoms with E-state index >= 15 is 0 Å². The van der Waals surface area contributed by atoms with Crippen LogP contribution in [0, 0.1) is 6.92 Å². The maximum Gasteiger partial charge on any atom is 0.240 e. The van der Waals surface area contributed by atoms with Crippen LogP contribution in [0.1, 0.15) is 37.7 Å². The van der Waals surface area contributed by atoms with Gasteiger partial charge in [-0.25, -0.2) is 21.6 Å². The highest BCUT2D eigenvalue weighted by Gasteiger charge is 2.46. The number of nitrogens with zero attached hydrogens (tertiary/aromatic N) is 1. The normalized spacial score (nSPS) is 23.3. The van der Waals surface area contributed by atoms with Crippen molar-refractivity contribution in [2.45, 2.75) is 66.2 Å². The molecule has 7 nitrogen and oxygen atoms in total. The van der Waals surface area contributed by atoms with Crippen molar-refractivity contribution in [1.82, 2.24) is 9.62 Å². The molecule has 2 fully saturated rings. The number of sulfone groups is 1. The second-order valence-electron chi connectivity index (χ2n) is 8.60. The van der Waals surface area contributed by atoms with Gasteiger partial charge in [0.1, 0.15) is 0 Å². The third-order valence-electron chi connectivity index (χ3n) is 6.42. The average molecular weight is 477 g/mol. The molecule has 0 radical (unpaired) electrons. The molecule has 2 heterocycles. The Bertz CT molecular complexity index is 1180. The third kappa shape index (κ3) is 4.60. The fourth-order valence-corrected chi connectivity index (χ4v) is 7.89. The molecule has 0 spiro atoms. The molecule has 2 saturated heterocycles. The van der Waals surface area contributed by atoms with Gasteiger partial charge in [-0.05, 0) is 62.4 Å². The molecular weight excluding hydrogens is 448 g/mol. The standard InChI is InChI=1S/C23H28N2O5S2/c1-17-6-5-9-21(14-17)32(29,30)24-13-12-23(26)25-18-10-11-19(25)16-22(15-18)31(27,28)20-7-3-2-4-8-20/h2-9,14,18-19,22,24H,10-13,15-16H2,1H3. The van der Waals surface area contributed by atoms with Crippen LogP contribution in [0.4, 0.5) is 0 Å². The van der Waals surface area contributed by atoms with Crippen LogP contribution >= 0.6 is 0 Å². The lowest BCUT2D eigenvalue weighted by atomic mass is 10.0. The first kappa shape index (κ1) is 22.9. The van der Waals surface area contributed by atoms with Gasteiger partial charge in [-0.1, -0.05) is 30.3 Å². The van der Waals surface area contributed by atoms with Gasteiger partial charge < -0.3 is 4.90 Å². The lowest BCUT2D eigenvalue weighted by molar-refractivity contribution is -0.135. The summed E-state index contributed by atoms with van der Waals surface area (Å²) >= 11 is 0. The van der Waals surface area contributed by atoms with E-state index in [4.69, 9.17) is 0 Å². The zero-order valence-corrected chi connectivity index (χ0v) is 19.6. The summed E-state index contributed by atoms with van der Waals surface area (Å²) in [6, 6.07) is 14.9. The van der Waals surface area contributed by atoms with E-state index < -0.39 is 25.1 Å². The van der Waals surface area contributed by atoms with E-state index in [9.17, 15) is 21.6 Å². The van der Waals surface area contributed by atoms with Gasteiger partial charge in [0.15, 0.2) is 9.84 Å². The second kappa shape index (κ2) is 8.96. The molecule has 1 amide bonds. The number of rotatable bonds is 7. The van der Waals surface area contributed by atoms with Crippen molar-refractivity contribution < 1.29 is 21.6 Å². The van der Waals surface area contributed by atoms with Crippen LogP contribution in [0.3, 0.4) is 0 Å². The summed E-state index contributed by atoms with van der Waals surface area (Å²) < 4.78 is 53.5. The molecule has 2 atom stereocenters. The summed E-state index contributed by atoms with van der Waals surface area (Å²) in [5.41, 5.74) is 0.842. The Balaban J connectivity index is 1.37. The van der Waals surface area contributed by atoms with Gasteiger partial charge in [0, 0.05) is 25.0 Å². The van der Waals surface area contributed by atoms with Crippen LogP contribution in [0.5, 0.6) is 0 Å². The number of amides is 1. The Labute approximate surface area is 189 Å². The first-order valence-corrected chi connectivity index (χ1v) is 13.9. The molecular formula is C23H28N2O5S2. The van der Waals surface area contributed by atoms with Gasteiger partial charge in [0.2, 0.25) is 15.9 Å². The molecule has 2 aliphatic heterocycles. The fraction of sp³-hybridized carbons (Fsp3) is 0.435. The lowest BCUT2D eigenvalue weighted by Crippen LogP contribution is -2.50. The van der Waals surface area contributed by atoms with Crippen LogP contribution in [-0.4, -0.2) is 51.5 Å². The van der Waals surface area contributed by atoms with Crippen molar-refractivity contribution in [3.8, 4) is 0 Å². The first-order chi connectivity index (χ1) is 15.2. The largest absolute Gasteiger partial charge is 0.337 e. The Morgan fingerprint density at radius 1 is 0.938 bits per heavy atom. The number of carbonyl (C=O) groups is 1. The summed E-state index contributed by atoms with van der Waals surface area (Å²) in [4.78, 5) is 15.2. The molecule has 0 aliphatic carbocycles. The SMILES string of the molecule is Cc1cccc(S(=O)(=O)NCCC(=O)N2C3CCC2CC(S(=O)(=O)c2ccccc2)C3)c1. The van der Waals surface area contributed by atoms with Crippen molar-refractivity contribution in [3.05, 3.63) is 60.2 Å². The van der Waals surface area contributed by atoms with E-state index in [2.05, 4.69) is 4.72 Å². The highest BCUT2D eigenvalue weighted by atomic mass is 32.2. The average Bonchev–Trinajstić information content (AvgIpc) is 3.03. The Kier molecular flexibility index (Phi) is 6.42. The second-order valence-corrected chi connectivity index (χ2v) is 12.6. The van der Waals surface area contributed by atoms with E-state index in [1.807, 2.05) is 13.0 Å². The number of aryl methyl sites for hydroxylation is 1. The molecule has 4 rings (SSSR count). The van der Waals surface area contributed by atoms with Gasteiger partial charge in [0.05, 0.1) is 15.0 Å². The number of hydrogen-bond donors (Lipinski definition) is 1. The summed E-state index contributed by atoms with van der Waals surface area (Å²) in [5.74, 6) is -0.125. The molecule has 0 saturated carbocycles. The predicted molar refractivity (Wildman–Crippen MR) is 121 cm³/mol. The number of sulfonamides is 1. The Morgan fingerprint density at radius 2 is 1.56 bits per heavy atom. The lowest BCUT2D eigenvalue weighted by Gasteiger charge is -2.38. The van der Waals surface area contributed by atoms with Gasteiger partial charge >= 0.3 is 0 Å². The highest BCUT2D eigenvalue weighted by molar-refractivity contribution is 7.92. The van der Waals surface area contributed by atoms with E-state index in [0.717, 1.165) is 18.4 Å². The third-order valence-corrected chi connectivity index (χ3v) is 10.1. The molecule has 172 valence electrons. The number of benzene rings is 2. The van der Waals surface area contributed by atoms with Crippen molar-refractivity contribution in [2.75, 3.05) is 6.54 Å². The molecule has 32 heavy (non-hydrogen) atoms. The summed E-state index contributed by atoms with van der Waals surface area (Å²) in [6.07, 6.45) is 2.47. The minimum absolute atomic E-state index is 0.0107. The number of carbonyl (C=O) groups excluding carboxylic acids is 1. The van der Waals surface area contributed by atoms with E-state index in [0.29, 0.717) is 17.7 Å².